The molecule has 3 rings (SSSR count). The Labute approximate surface area is 194 Å². The van der Waals surface area contributed by atoms with Gasteiger partial charge in [0.2, 0.25) is 10.0 Å². The molecular formula is C24H30N2O6S. The van der Waals surface area contributed by atoms with E-state index in [0.29, 0.717) is 30.9 Å². The molecule has 1 saturated heterocycles. The summed E-state index contributed by atoms with van der Waals surface area (Å²) in [5, 5.41) is 2.78. The maximum Gasteiger partial charge on any atom is 0.309 e. The topological polar surface area (TPSA) is 102 Å². The molecule has 33 heavy (non-hydrogen) atoms. The first-order valence-corrected chi connectivity index (χ1v) is 12.4. The molecule has 1 heterocycles. The number of hydrogen-bond donors (Lipinski definition) is 1. The van der Waals surface area contributed by atoms with Gasteiger partial charge in [0.25, 0.3) is 5.91 Å². The van der Waals surface area contributed by atoms with Gasteiger partial charge in [0.05, 0.1) is 17.4 Å². The summed E-state index contributed by atoms with van der Waals surface area (Å²) in [5.41, 5.74) is 2.57. The van der Waals surface area contributed by atoms with E-state index in [-0.39, 0.29) is 24.6 Å². The fourth-order valence-electron chi connectivity index (χ4n) is 3.80. The highest BCUT2D eigenvalue weighted by Crippen LogP contribution is 2.26. The molecule has 0 aliphatic carbocycles. The number of carbonyl (C=O) groups excluding carboxylic acids is 2. The first-order chi connectivity index (χ1) is 15.7. The van der Waals surface area contributed by atoms with E-state index in [1.165, 1.54) is 16.4 Å². The van der Waals surface area contributed by atoms with Crippen molar-refractivity contribution in [1.82, 2.24) is 4.31 Å². The van der Waals surface area contributed by atoms with Gasteiger partial charge >= 0.3 is 5.97 Å². The van der Waals surface area contributed by atoms with E-state index in [0.717, 1.165) is 11.1 Å². The largest absolute Gasteiger partial charge is 0.494 e. The van der Waals surface area contributed by atoms with Gasteiger partial charge in [0.1, 0.15) is 5.75 Å². The summed E-state index contributed by atoms with van der Waals surface area (Å²) in [6, 6.07) is 12.0. The third-order valence-electron chi connectivity index (χ3n) is 5.65. The molecule has 0 radical (unpaired) electrons. The number of esters is 1. The minimum absolute atomic E-state index is 0.190. The van der Waals surface area contributed by atoms with Crippen LogP contribution in [-0.4, -0.2) is 50.9 Å². The van der Waals surface area contributed by atoms with Crippen molar-refractivity contribution in [3.63, 3.8) is 0 Å². The fourth-order valence-corrected chi connectivity index (χ4v) is 5.27. The molecule has 1 fully saturated rings. The van der Waals surface area contributed by atoms with Crippen molar-refractivity contribution >= 4 is 27.6 Å². The summed E-state index contributed by atoms with van der Waals surface area (Å²) >= 11 is 0. The third-order valence-corrected chi connectivity index (χ3v) is 7.56. The molecule has 9 heteroatoms. The first kappa shape index (κ1) is 24.7. The van der Waals surface area contributed by atoms with Gasteiger partial charge in [-0.3, -0.25) is 9.59 Å². The zero-order chi connectivity index (χ0) is 24.0. The Morgan fingerprint density at radius 1 is 1.03 bits per heavy atom. The molecule has 0 aromatic heterocycles. The standard InChI is InChI=1S/C24H30N2O6S/c1-4-31-20-8-10-21(11-9-20)33(29,30)26-14-12-19(13-15-26)24(28)32-16-22(27)25-23-17(2)6-5-7-18(23)3/h5-11,19H,4,12-16H2,1-3H3,(H,25,27). The molecule has 2 aromatic carbocycles. The van der Waals surface area contributed by atoms with Crippen molar-refractivity contribution in [1.29, 1.82) is 0 Å². The maximum absolute atomic E-state index is 12.9. The average Bonchev–Trinajstić information content (AvgIpc) is 2.80. The number of anilines is 1. The minimum atomic E-state index is -3.65. The molecule has 0 bridgehead atoms. The maximum atomic E-state index is 12.9. The number of nitrogens with zero attached hydrogens (tertiary/aromatic N) is 1. The van der Waals surface area contributed by atoms with E-state index in [4.69, 9.17) is 9.47 Å². The fraction of sp³-hybridized carbons (Fsp3) is 0.417. The number of piperidine rings is 1. The first-order valence-electron chi connectivity index (χ1n) is 11.0. The van der Waals surface area contributed by atoms with Crippen LogP contribution in [0.25, 0.3) is 0 Å². The van der Waals surface area contributed by atoms with Crippen molar-refractivity contribution in [2.45, 2.75) is 38.5 Å². The molecule has 1 N–H and O–H groups in total. The Balaban J connectivity index is 1.49. The second-order valence-electron chi connectivity index (χ2n) is 8.01. The van der Waals surface area contributed by atoms with Gasteiger partial charge < -0.3 is 14.8 Å². The molecule has 1 amide bonds. The highest BCUT2D eigenvalue weighted by Gasteiger charge is 2.33. The van der Waals surface area contributed by atoms with E-state index in [9.17, 15) is 18.0 Å². The summed E-state index contributed by atoms with van der Waals surface area (Å²) < 4.78 is 37.7. The van der Waals surface area contributed by atoms with Crippen LogP contribution in [0.4, 0.5) is 5.69 Å². The normalized spacial score (nSPS) is 15.1. The van der Waals surface area contributed by atoms with Gasteiger partial charge in [0.15, 0.2) is 6.61 Å². The predicted molar refractivity (Wildman–Crippen MR) is 125 cm³/mol. The predicted octanol–water partition coefficient (Wildman–Crippen LogP) is 3.28. The molecule has 8 nitrogen and oxygen atoms in total. The molecule has 1 aliphatic heterocycles. The Morgan fingerprint density at radius 3 is 2.21 bits per heavy atom. The smallest absolute Gasteiger partial charge is 0.309 e. The summed E-state index contributed by atoms with van der Waals surface area (Å²) in [4.78, 5) is 24.8. The molecule has 0 atom stereocenters. The van der Waals surface area contributed by atoms with Crippen molar-refractivity contribution < 1.29 is 27.5 Å². The van der Waals surface area contributed by atoms with Gasteiger partial charge in [-0.1, -0.05) is 18.2 Å². The van der Waals surface area contributed by atoms with Gasteiger partial charge in [-0.25, -0.2) is 8.42 Å². The summed E-state index contributed by atoms with van der Waals surface area (Å²) in [6.07, 6.45) is 0.682. The summed E-state index contributed by atoms with van der Waals surface area (Å²) in [6.45, 7) is 6.19. The number of carbonyl (C=O) groups is 2. The Bertz CT molecular complexity index is 1070. The van der Waals surface area contributed by atoms with Gasteiger partial charge in [-0.2, -0.15) is 4.31 Å². The highest BCUT2D eigenvalue weighted by atomic mass is 32.2. The summed E-state index contributed by atoms with van der Waals surface area (Å²) in [7, 11) is -3.65. The lowest BCUT2D eigenvalue weighted by Crippen LogP contribution is -2.40. The molecule has 2 aromatic rings. The van der Waals surface area contributed by atoms with Crippen LogP contribution in [0.15, 0.2) is 47.4 Å². The zero-order valence-corrected chi connectivity index (χ0v) is 20.0. The van der Waals surface area contributed by atoms with E-state index >= 15 is 0 Å². The van der Waals surface area contributed by atoms with Crippen molar-refractivity contribution in [2.24, 2.45) is 5.92 Å². The Hall–Kier alpha value is -2.91. The Morgan fingerprint density at radius 2 is 1.64 bits per heavy atom. The van der Waals surface area contributed by atoms with Gasteiger partial charge in [-0.05, 0) is 69.0 Å². The molecular weight excluding hydrogens is 444 g/mol. The number of ether oxygens (including phenoxy) is 2. The van der Waals surface area contributed by atoms with Crippen LogP contribution in [0, 0.1) is 19.8 Å². The quantitative estimate of drug-likeness (QED) is 0.589. The molecule has 0 saturated carbocycles. The van der Waals surface area contributed by atoms with E-state index < -0.39 is 27.8 Å². The van der Waals surface area contributed by atoms with E-state index in [1.807, 2.05) is 39.0 Å². The van der Waals surface area contributed by atoms with Crippen molar-refractivity contribution in [2.75, 3.05) is 31.6 Å². The lowest BCUT2D eigenvalue weighted by atomic mass is 9.98. The van der Waals surface area contributed by atoms with E-state index in [2.05, 4.69) is 5.32 Å². The lowest BCUT2D eigenvalue weighted by Gasteiger charge is -2.30. The van der Waals surface area contributed by atoms with Crippen LogP contribution < -0.4 is 10.1 Å². The van der Waals surface area contributed by atoms with Crippen LogP contribution >= 0.6 is 0 Å². The lowest BCUT2D eigenvalue weighted by molar-refractivity contribution is -0.152. The zero-order valence-electron chi connectivity index (χ0n) is 19.2. The van der Waals surface area contributed by atoms with Crippen LogP contribution in [0.5, 0.6) is 5.75 Å². The number of sulfonamides is 1. The van der Waals surface area contributed by atoms with Crippen LogP contribution in [-0.2, 0) is 24.3 Å². The van der Waals surface area contributed by atoms with Crippen LogP contribution in [0.3, 0.4) is 0 Å². The van der Waals surface area contributed by atoms with Crippen molar-refractivity contribution in [3.8, 4) is 5.75 Å². The number of nitrogens with one attached hydrogen (secondary N) is 1. The number of amides is 1. The van der Waals surface area contributed by atoms with Crippen LogP contribution in [0.2, 0.25) is 0 Å². The number of para-hydroxylation sites is 1. The molecule has 1 aliphatic rings. The average molecular weight is 475 g/mol. The number of benzene rings is 2. The van der Waals surface area contributed by atoms with Crippen molar-refractivity contribution in [3.05, 3.63) is 53.6 Å². The number of aryl methyl sites for hydroxylation is 2. The molecule has 0 spiro atoms. The minimum Gasteiger partial charge on any atom is -0.494 e. The Kier molecular flexibility index (Phi) is 8.10. The third kappa shape index (κ3) is 6.11. The summed E-state index contributed by atoms with van der Waals surface area (Å²) in [5.74, 6) is -0.717. The van der Waals surface area contributed by atoms with Gasteiger partial charge in [-0.15, -0.1) is 0 Å². The second-order valence-corrected chi connectivity index (χ2v) is 9.94. The molecule has 178 valence electrons. The van der Waals surface area contributed by atoms with Gasteiger partial charge in [0, 0.05) is 18.8 Å². The SMILES string of the molecule is CCOc1ccc(S(=O)(=O)N2CCC(C(=O)OCC(=O)Nc3c(C)cccc3C)CC2)cc1. The highest BCUT2D eigenvalue weighted by molar-refractivity contribution is 7.89. The van der Waals surface area contributed by atoms with E-state index in [1.54, 1.807) is 12.1 Å². The number of hydrogen-bond acceptors (Lipinski definition) is 6. The second kappa shape index (κ2) is 10.8. The molecule has 0 unspecified atom stereocenters. The van der Waals surface area contributed by atoms with Crippen LogP contribution in [0.1, 0.15) is 30.9 Å². The number of rotatable bonds is 8. The monoisotopic (exact) mass is 474 g/mol.